The summed E-state index contributed by atoms with van der Waals surface area (Å²) in [6.07, 6.45) is 1.52. The number of carbonyl (C=O) groups excluding carboxylic acids is 1. The number of rotatable bonds is 11. The Kier molecular flexibility index (Phi) is 8.40. The van der Waals surface area contributed by atoms with Gasteiger partial charge in [0, 0.05) is 31.3 Å². The lowest BCUT2D eigenvalue weighted by Crippen LogP contribution is -2.48. The summed E-state index contributed by atoms with van der Waals surface area (Å²) in [5.74, 6) is 1.78. The van der Waals surface area contributed by atoms with Crippen molar-refractivity contribution in [1.29, 1.82) is 0 Å². The number of hydrogen-bond donors (Lipinski definition) is 2. The Morgan fingerprint density at radius 3 is 2.50 bits per heavy atom. The second kappa shape index (κ2) is 11.9. The molecule has 0 radical (unpaired) electrons. The standard InChI is InChI=1S/C28H32N2O6/c1-3-19-4-6-20(7-5-19)17-36-26-9-8-21(12-27(26)34-2)22-14-30(15-22)28(33)25-13-24(10-11-29-25)35-18-23(32)16-31/h4-13,22-23,31-32H,3,14-18H2,1-2H3/t23-/m1/s1. The number of pyridine rings is 1. The summed E-state index contributed by atoms with van der Waals surface area (Å²) >= 11 is 0. The average molecular weight is 493 g/mol. The lowest BCUT2D eigenvalue weighted by Gasteiger charge is -2.39. The molecule has 2 heterocycles. The van der Waals surface area contributed by atoms with Crippen molar-refractivity contribution in [3.05, 3.63) is 83.2 Å². The lowest BCUT2D eigenvalue weighted by atomic mass is 9.91. The van der Waals surface area contributed by atoms with Crippen LogP contribution in [0.2, 0.25) is 0 Å². The number of nitrogens with zero attached hydrogens (tertiary/aromatic N) is 2. The van der Waals surface area contributed by atoms with Crippen molar-refractivity contribution < 1.29 is 29.2 Å². The molecule has 1 amide bonds. The van der Waals surface area contributed by atoms with Crippen molar-refractivity contribution in [1.82, 2.24) is 9.88 Å². The number of aliphatic hydroxyl groups is 2. The highest BCUT2D eigenvalue weighted by Crippen LogP contribution is 2.35. The molecule has 2 N–H and O–H groups in total. The van der Waals surface area contributed by atoms with Crippen LogP contribution in [0.5, 0.6) is 17.2 Å². The molecule has 2 aromatic carbocycles. The van der Waals surface area contributed by atoms with Crippen LogP contribution in [-0.2, 0) is 13.0 Å². The van der Waals surface area contributed by atoms with E-state index in [9.17, 15) is 9.90 Å². The van der Waals surface area contributed by atoms with Gasteiger partial charge in [0.25, 0.3) is 5.91 Å². The fourth-order valence-electron chi connectivity index (χ4n) is 3.97. The van der Waals surface area contributed by atoms with E-state index in [1.165, 1.54) is 11.8 Å². The molecule has 1 aliphatic rings. The molecule has 8 heteroatoms. The third-order valence-electron chi connectivity index (χ3n) is 6.26. The molecular formula is C28H32N2O6. The van der Waals surface area contributed by atoms with Crippen molar-refractivity contribution in [3.8, 4) is 17.2 Å². The minimum atomic E-state index is -0.977. The normalized spacial score (nSPS) is 14.2. The second-order valence-corrected chi connectivity index (χ2v) is 8.80. The van der Waals surface area contributed by atoms with Gasteiger partial charge in [0.05, 0.1) is 13.7 Å². The summed E-state index contributed by atoms with van der Waals surface area (Å²) in [5.41, 5.74) is 3.75. The Morgan fingerprint density at radius 1 is 1.06 bits per heavy atom. The van der Waals surface area contributed by atoms with Gasteiger partial charge < -0.3 is 29.3 Å². The zero-order chi connectivity index (χ0) is 25.5. The molecule has 4 rings (SSSR count). The summed E-state index contributed by atoms with van der Waals surface area (Å²) in [6, 6.07) is 17.4. The van der Waals surface area contributed by atoms with E-state index in [0.717, 1.165) is 17.5 Å². The molecule has 0 aliphatic carbocycles. The third kappa shape index (κ3) is 6.13. The molecule has 0 saturated carbocycles. The Balaban J connectivity index is 1.33. The van der Waals surface area contributed by atoms with E-state index in [0.29, 0.717) is 36.9 Å². The molecule has 1 aliphatic heterocycles. The quantitative estimate of drug-likeness (QED) is 0.424. The predicted molar refractivity (Wildman–Crippen MR) is 135 cm³/mol. The maximum absolute atomic E-state index is 12.9. The van der Waals surface area contributed by atoms with Crippen molar-refractivity contribution in [2.75, 3.05) is 33.4 Å². The number of amides is 1. The van der Waals surface area contributed by atoms with Gasteiger partial charge in [-0.05, 0) is 41.3 Å². The first-order chi connectivity index (χ1) is 17.5. The van der Waals surface area contributed by atoms with E-state index in [2.05, 4.69) is 36.2 Å². The van der Waals surface area contributed by atoms with Gasteiger partial charge in [-0.3, -0.25) is 9.78 Å². The van der Waals surface area contributed by atoms with Gasteiger partial charge in [-0.2, -0.15) is 0 Å². The van der Waals surface area contributed by atoms with Gasteiger partial charge in [-0.1, -0.05) is 37.3 Å². The average Bonchev–Trinajstić information content (AvgIpc) is 2.90. The van der Waals surface area contributed by atoms with E-state index < -0.39 is 12.7 Å². The van der Waals surface area contributed by atoms with Crippen LogP contribution in [0.4, 0.5) is 0 Å². The minimum Gasteiger partial charge on any atom is -0.493 e. The van der Waals surface area contributed by atoms with Crippen molar-refractivity contribution >= 4 is 5.91 Å². The van der Waals surface area contributed by atoms with E-state index in [1.807, 2.05) is 18.2 Å². The molecule has 1 saturated heterocycles. The van der Waals surface area contributed by atoms with E-state index in [1.54, 1.807) is 24.1 Å². The number of likely N-dealkylation sites (tertiary alicyclic amines) is 1. The summed E-state index contributed by atoms with van der Waals surface area (Å²) in [7, 11) is 1.62. The highest BCUT2D eigenvalue weighted by Gasteiger charge is 2.33. The van der Waals surface area contributed by atoms with Gasteiger partial charge in [0.2, 0.25) is 0 Å². The molecule has 1 aromatic heterocycles. The van der Waals surface area contributed by atoms with Crippen LogP contribution in [0.15, 0.2) is 60.8 Å². The maximum atomic E-state index is 12.9. The largest absolute Gasteiger partial charge is 0.493 e. The highest BCUT2D eigenvalue weighted by atomic mass is 16.5. The summed E-state index contributed by atoms with van der Waals surface area (Å²) in [6.45, 7) is 3.28. The first-order valence-electron chi connectivity index (χ1n) is 12.1. The number of hydrogen-bond acceptors (Lipinski definition) is 7. The molecule has 1 atom stereocenters. The van der Waals surface area contributed by atoms with Crippen LogP contribution in [0.3, 0.4) is 0 Å². The van der Waals surface area contributed by atoms with Crippen LogP contribution < -0.4 is 14.2 Å². The Hall–Kier alpha value is -3.62. The summed E-state index contributed by atoms with van der Waals surface area (Å²) < 4.78 is 17.0. The van der Waals surface area contributed by atoms with Gasteiger partial charge >= 0.3 is 0 Å². The molecule has 0 bridgehead atoms. The van der Waals surface area contributed by atoms with E-state index in [-0.39, 0.29) is 24.1 Å². The van der Waals surface area contributed by atoms with Crippen molar-refractivity contribution in [3.63, 3.8) is 0 Å². The zero-order valence-corrected chi connectivity index (χ0v) is 20.6. The SMILES string of the molecule is CCc1ccc(COc2ccc(C3CN(C(=O)c4cc(OC[C@H](O)CO)ccn4)C3)cc2OC)cc1. The summed E-state index contributed by atoms with van der Waals surface area (Å²) in [5, 5.41) is 18.3. The number of aliphatic hydroxyl groups excluding tert-OH is 2. The van der Waals surface area contributed by atoms with Gasteiger partial charge in [-0.25, -0.2) is 0 Å². The zero-order valence-electron chi connectivity index (χ0n) is 20.6. The second-order valence-electron chi connectivity index (χ2n) is 8.80. The monoisotopic (exact) mass is 492 g/mol. The molecular weight excluding hydrogens is 460 g/mol. The number of carbonyl (C=O) groups is 1. The van der Waals surface area contributed by atoms with Gasteiger partial charge in [-0.15, -0.1) is 0 Å². The first-order valence-corrected chi connectivity index (χ1v) is 12.1. The Morgan fingerprint density at radius 2 is 1.81 bits per heavy atom. The molecule has 190 valence electrons. The molecule has 0 spiro atoms. The smallest absolute Gasteiger partial charge is 0.272 e. The van der Waals surface area contributed by atoms with Crippen molar-refractivity contribution in [2.45, 2.75) is 32.0 Å². The number of aryl methyl sites for hydroxylation is 1. The summed E-state index contributed by atoms with van der Waals surface area (Å²) in [4.78, 5) is 18.8. The fraction of sp³-hybridized carbons (Fsp3) is 0.357. The number of benzene rings is 2. The topological polar surface area (TPSA) is 101 Å². The number of methoxy groups -OCH3 is 1. The van der Waals surface area contributed by atoms with Crippen LogP contribution in [0.25, 0.3) is 0 Å². The Bertz CT molecular complexity index is 1160. The molecule has 3 aromatic rings. The molecule has 36 heavy (non-hydrogen) atoms. The third-order valence-corrected chi connectivity index (χ3v) is 6.26. The van der Waals surface area contributed by atoms with Gasteiger partial charge in [0.1, 0.15) is 30.8 Å². The number of ether oxygens (including phenoxy) is 3. The van der Waals surface area contributed by atoms with Gasteiger partial charge in [0.15, 0.2) is 11.5 Å². The van der Waals surface area contributed by atoms with E-state index in [4.69, 9.17) is 19.3 Å². The molecule has 0 unspecified atom stereocenters. The lowest BCUT2D eigenvalue weighted by molar-refractivity contribution is 0.0532. The van der Waals surface area contributed by atoms with Crippen LogP contribution in [-0.4, -0.2) is 65.5 Å². The van der Waals surface area contributed by atoms with Crippen LogP contribution >= 0.6 is 0 Å². The minimum absolute atomic E-state index is 0.0629. The Labute approximate surface area is 211 Å². The highest BCUT2D eigenvalue weighted by molar-refractivity contribution is 5.93. The fourth-order valence-corrected chi connectivity index (χ4v) is 3.97. The maximum Gasteiger partial charge on any atom is 0.272 e. The number of aromatic nitrogens is 1. The predicted octanol–water partition coefficient (Wildman–Crippen LogP) is 3.20. The van der Waals surface area contributed by atoms with Crippen molar-refractivity contribution in [2.24, 2.45) is 0 Å². The molecule has 1 fully saturated rings. The first kappa shape index (κ1) is 25.5. The van der Waals surface area contributed by atoms with Crippen LogP contribution in [0, 0.1) is 0 Å². The molecule has 8 nitrogen and oxygen atoms in total. The van der Waals surface area contributed by atoms with Crippen LogP contribution in [0.1, 0.15) is 40.0 Å². The van der Waals surface area contributed by atoms with E-state index >= 15 is 0 Å².